The number of aryl methyl sites for hydroxylation is 2. The molecule has 1 saturated heterocycles. The van der Waals surface area contributed by atoms with Gasteiger partial charge in [0.25, 0.3) is 5.91 Å². The summed E-state index contributed by atoms with van der Waals surface area (Å²) in [5.74, 6) is 0.560. The maximum atomic E-state index is 12.9. The molecule has 3 rings (SSSR count). The van der Waals surface area contributed by atoms with E-state index in [0.29, 0.717) is 17.5 Å². The summed E-state index contributed by atoms with van der Waals surface area (Å²) in [5.41, 5.74) is 1.05. The number of pyridine rings is 1. The standard InChI is InChI=1S/C17H24N2O2/c1-11-9-16(20)14(10-18(11)3)17(21)19-12(2)8-13-6-4-5-7-15(13)19/h9-10,12-13,15H,4-8H2,1-3H3/t12-,13-,15-/m1/s1. The van der Waals surface area contributed by atoms with Crippen molar-refractivity contribution < 1.29 is 4.79 Å². The van der Waals surface area contributed by atoms with Gasteiger partial charge in [0.1, 0.15) is 5.56 Å². The van der Waals surface area contributed by atoms with Crippen LogP contribution in [0.3, 0.4) is 0 Å². The lowest BCUT2D eigenvalue weighted by atomic mass is 9.85. The normalized spacial score (nSPS) is 28.5. The Labute approximate surface area is 125 Å². The van der Waals surface area contributed by atoms with Gasteiger partial charge in [0.2, 0.25) is 0 Å². The lowest BCUT2D eigenvalue weighted by Gasteiger charge is -2.33. The second-order valence-corrected chi connectivity index (χ2v) is 6.71. The van der Waals surface area contributed by atoms with Crippen molar-refractivity contribution in [3.8, 4) is 0 Å². The van der Waals surface area contributed by atoms with Crippen LogP contribution in [0.4, 0.5) is 0 Å². The summed E-state index contributed by atoms with van der Waals surface area (Å²) in [4.78, 5) is 27.1. The number of aromatic nitrogens is 1. The lowest BCUT2D eigenvalue weighted by molar-refractivity contribution is 0.0631. The van der Waals surface area contributed by atoms with Crippen molar-refractivity contribution in [3.63, 3.8) is 0 Å². The zero-order valence-corrected chi connectivity index (χ0v) is 13.1. The van der Waals surface area contributed by atoms with E-state index >= 15 is 0 Å². The van der Waals surface area contributed by atoms with Gasteiger partial charge in [-0.15, -0.1) is 0 Å². The summed E-state index contributed by atoms with van der Waals surface area (Å²) in [6.45, 7) is 4.00. The molecule has 0 N–H and O–H groups in total. The van der Waals surface area contributed by atoms with Crippen LogP contribution in [0, 0.1) is 12.8 Å². The summed E-state index contributed by atoms with van der Waals surface area (Å²) >= 11 is 0. The quantitative estimate of drug-likeness (QED) is 0.796. The Kier molecular flexibility index (Phi) is 3.64. The third kappa shape index (κ3) is 2.41. The molecule has 2 aliphatic rings. The van der Waals surface area contributed by atoms with E-state index in [9.17, 15) is 9.59 Å². The number of carbonyl (C=O) groups is 1. The zero-order chi connectivity index (χ0) is 15.1. The molecule has 114 valence electrons. The molecule has 0 bridgehead atoms. The van der Waals surface area contributed by atoms with E-state index in [1.807, 2.05) is 23.4 Å². The summed E-state index contributed by atoms with van der Waals surface area (Å²) < 4.78 is 1.85. The molecule has 0 spiro atoms. The highest BCUT2D eigenvalue weighted by atomic mass is 16.2. The molecule has 1 aromatic heterocycles. The van der Waals surface area contributed by atoms with Crippen LogP contribution in [0.15, 0.2) is 17.1 Å². The minimum absolute atomic E-state index is 0.0718. The maximum absolute atomic E-state index is 12.9. The molecule has 1 aliphatic carbocycles. The first-order valence-corrected chi connectivity index (χ1v) is 7.99. The fourth-order valence-corrected chi connectivity index (χ4v) is 4.09. The van der Waals surface area contributed by atoms with Crippen LogP contribution in [-0.2, 0) is 7.05 Å². The summed E-state index contributed by atoms with van der Waals surface area (Å²) in [7, 11) is 1.88. The second kappa shape index (κ2) is 5.32. The Morgan fingerprint density at radius 3 is 2.76 bits per heavy atom. The Bertz CT molecular complexity index is 620. The van der Waals surface area contributed by atoms with Crippen LogP contribution in [-0.4, -0.2) is 27.5 Å². The average molecular weight is 288 g/mol. The Balaban J connectivity index is 1.94. The van der Waals surface area contributed by atoms with Gasteiger partial charge in [-0.25, -0.2) is 0 Å². The molecule has 4 heteroatoms. The minimum atomic E-state index is -0.151. The largest absolute Gasteiger partial charge is 0.354 e. The van der Waals surface area contributed by atoms with Gasteiger partial charge in [0.05, 0.1) is 0 Å². The number of nitrogens with zero attached hydrogens (tertiary/aromatic N) is 2. The van der Waals surface area contributed by atoms with Gasteiger partial charge in [0, 0.05) is 37.1 Å². The first-order valence-electron chi connectivity index (χ1n) is 7.99. The fourth-order valence-electron chi connectivity index (χ4n) is 4.09. The SMILES string of the molecule is Cc1cc(=O)c(C(=O)N2[C@H](C)C[C@H]3CCCC[C@H]32)cn1C. The van der Waals surface area contributed by atoms with Crippen molar-refractivity contribution in [2.45, 2.75) is 58.0 Å². The molecule has 2 heterocycles. The van der Waals surface area contributed by atoms with Gasteiger partial charge in [-0.1, -0.05) is 12.8 Å². The topological polar surface area (TPSA) is 42.3 Å². The lowest BCUT2D eigenvalue weighted by Crippen LogP contribution is -2.44. The summed E-state index contributed by atoms with van der Waals surface area (Å²) in [5, 5.41) is 0. The number of hydrogen-bond acceptors (Lipinski definition) is 2. The van der Waals surface area contributed by atoms with Gasteiger partial charge >= 0.3 is 0 Å². The molecule has 0 aromatic carbocycles. The van der Waals surface area contributed by atoms with E-state index in [1.54, 1.807) is 12.3 Å². The molecule has 4 nitrogen and oxygen atoms in total. The molecule has 3 atom stereocenters. The van der Waals surface area contributed by atoms with E-state index in [4.69, 9.17) is 0 Å². The zero-order valence-electron chi connectivity index (χ0n) is 13.1. The molecular weight excluding hydrogens is 264 g/mol. The fraction of sp³-hybridized carbons (Fsp3) is 0.647. The molecule has 0 radical (unpaired) electrons. The third-order valence-corrected chi connectivity index (χ3v) is 5.29. The van der Waals surface area contributed by atoms with Gasteiger partial charge in [-0.2, -0.15) is 0 Å². The van der Waals surface area contributed by atoms with Gasteiger partial charge in [0.15, 0.2) is 5.43 Å². The van der Waals surface area contributed by atoms with Crippen molar-refractivity contribution in [1.29, 1.82) is 0 Å². The number of fused-ring (bicyclic) bond motifs is 1. The predicted octanol–water partition coefficient (Wildman–Crippen LogP) is 2.49. The van der Waals surface area contributed by atoms with Crippen molar-refractivity contribution in [2.24, 2.45) is 13.0 Å². The second-order valence-electron chi connectivity index (χ2n) is 6.71. The van der Waals surface area contributed by atoms with Crippen LogP contribution in [0.1, 0.15) is 55.1 Å². The molecule has 21 heavy (non-hydrogen) atoms. The van der Waals surface area contributed by atoms with Crippen molar-refractivity contribution in [2.75, 3.05) is 0 Å². The molecule has 0 unspecified atom stereocenters. The number of likely N-dealkylation sites (tertiary alicyclic amines) is 1. The van der Waals surface area contributed by atoms with Crippen LogP contribution >= 0.6 is 0 Å². The van der Waals surface area contributed by atoms with E-state index < -0.39 is 0 Å². The van der Waals surface area contributed by atoms with Gasteiger partial charge in [-0.05, 0) is 39.0 Å². The average Bonchev–Trinajstić information content (AvgIpc) is 2.78. The van der Waals surface area contributed by atoms with Crippen molar-refractivity contribution in [1.82, 2.24) is 9.47 Å². The smallest absolute Gasteiger partial charge is 0.259 e. The van der Waals surface area contributed by atoms with Crippen LogP contribution in [0.2, 0.25) is 0 Å². The van der Waals surface area contributed by atoms with Crippen molar-refractivity contribution in [3.05, 3.63) is 33.7 Å². The highest BCUT2D eigenvalue weighted by Crippen LogP contribution is 2.40. The van der Waals surface area contributed by atoms with Crippen LogP contribution in [0.25, 0.3) is 0 Å². The number of rotatable bonds is 1. The predicted molar refractivity (Wildman–Crippen MR) is 82.4 cm³/mol. The van der Waals surface area contributed by atoms with E-state index in [1.165, 1.54) is 19.3 Å². The Morgan fingerprint density at radius 2 is 2.00 bits per heavy atom. The number of amides is 1. The number of hydrogen-bond donors (Lipinski definition) is 0. The molecule has 2 fully saturated rings. The Hall–Kier alpha value is -1.58. The van der Waals surface area contributed by atoms with E-state index in [-0.39, 0.29) is 17.4 Å². The molecule has 1 aliphatic heterocycles. The first kappa shape index (κ1) is 14.4. The summed E-state index contributed by atoms with van der Waals surface area (Å²) in [6.07, 6.45) is 7.58. The van der Waals surface area contributed by atoms with Crippen molar-refractivity contribution >= 4 is 5.91 Å². The molecule has 1 amide bonds. The third-order valence-electron chi connectivity index (χ3n) is 5.29. The van der Waals surface area contributed by atoms with E-state index in [2.05, 4.69) is 6.92 Å². The first-order chi connectivity index (χ1) is 9.99. The van der Waals surface area contributed by atoms with Crippen LogP contribution < -0.4 is 5.43 Å². The van der Waals surface area contributed by atoms with Gasteiger partial charge in [-0.3, -0.25) is 9.59 Å². The van der Waals surface area contributed by atoms with E-state index in [0.717, 1.165) is 18.5 Å². The summed E-state index contributed by atoms with van der Waals surface area (Å²) in [6, 6.07) is 2.15. The Morgan fingerprint density at radius 1 is 1.29 bits per heavy atom. The monoisotopic (exact) mass is 288 g/mol. The molecule has 1 aromatic rings. The number of carbonyl (C=O) groups excluding carboxylic acids is 1. The minimum Gasteiger partial charge on any atom is -0.354 e. The maximum Gasteiger partial charge on any atom is 0.259 e. The highest BCUT2D eigenvalue weighted by molar-refractivity contribution is 5.94. The highest BCUT2D eigenvalue weighted by Gasteiger charge is 2.43. The van der Waals surface area contributed by atoms with Crippen LogP contribution in [0.5, 0.6) is 0 Å². The molecule has 1 saturated carbocycles. The molecular formula is C17H24N2O2. The van der Waals surface area contributed by atoms with Gasteiger partial charge < -0.3 is 9.47 Å².